The number of carbonyl (C=O) groups is 1. The van der Waals surface area contributed by atoms with Crippen molar-refractivity contribution in [1.29, 1.82) is 0 Å². The van der Waals surface area contributed by atoms with Crippen LogP contribution in [0.15, 0.2) is 0 Å². The van der Waals surface area contributed by atoms with Crippen LogP contribution in [0.5, 0.6) is 0 Å². The second-order valence-corrected chi connectivity index (χ2v) is 7.00. The van der Waals surface area contributed by atoms with Crippen LogP contribution in [0, 0.1) is 17.8 Å². The molecule has 2 N–H and O–H groups in total. The third kappa shape index (κ3) is 2.56. The lowest BCUT2D eigenvalue weighted by atomic mass is 9.85. The zero-order valence-electron chi connectivity index (χ0n) is 11.5. The smallest absolute Gasteiger partial charge is 0.220 e. The van der Waals surface area contributed by atoms with E-state index in [4.69, 9.17) is 0 Å². The second kappa shape index (κ2) is 4.84. The van der Waals surface area contributed by atoms with Gasteiger partial charge in [-0.05, 0) is 69.9 Å². The lowest BCUT2D eigenvalue weighted by Crippen LogP contribution is -2.52. The van der Waals surface area contributed by atoms with Crippen molar-refractivity contribution >= 4 is 5.91 Å². The molecule has 3 aliphatic rings. The van der Waals surface area contributed by atoms with Crippen molar-refractivity contribution in [2.75, 3.05) is 13.1 Å². The molecule has 3 rings (SSSR count). The van der Waals surface area contributed by atoms with Gasteiger partial charge in [0.05, 0.1) is 0 Å². The molecule has 0 aromatic heterocycles. The minimum Gasteiger partial charge on any atom is -0.351 e. The largest absolute Gasteiger partial charge is 0.351 e. The van der Waals surface area contributed by atoms with E-state index >= 15 is 0 Å². The molecular weight excluding hydrogens is 224 g/mol. The number of nitrogens with one attached hydrogen (secondary N) is 2. The number of amides is 1. The first-order valence-electron chi connectivity index (χ1n) is 7.66. The molecule has 3 unspecified atom stereocenters. The summed E-state index contributed by atoms with van der Waals surface area (Å²) in [6, 6.07) is 0. The highest BCUT2D eigenvalue weighted by Gasteiger charge is 2.40. The zero-order chi connectivity index (χ0) is 12.6. The minimum atomic E-state index is 0.0416. The molecule has 3 fully saturated rings. The Kier molecular flexibility index (Phi) is 3.35. The number of carbonyl (C=O) groups excluding carboxylic acids is 1. The highest BCUT2D eigenvalue weighted by Crippen LogP contribution is 2.49. The fourth-order valence-electron chi connectivity index (χ4n) is 4.36. The maximum Gasteiger partial charge on any atom is 0.220 e. The third-order valence-electron chi connectivity index (χ3n) is 5.48. The van der Waals surface area contributed by atoms with Crippen LogP contribution in [-0.4, -0.2) is 24.5 Å². The van der Waals surface area contributed by atoms with Gasteiger partial charge in [0.15, 0.2) is 0 Å². The van der Waals surface area contributed by atoms with Gasteiger partial charge in [-0.2, -0.15) is 0 Å². The van der Waals surface area contributed by atoms with Crippen molar-refractivity contribution < 1.29 is 4.79 Å². The molecule has 102 valence electrons. The Labute approximate surface area is 110 Å². The van der Waals surface area contributed by atoms with Crippen molar-refractivity contribution in [2.24, 2.45) is 17.8 Å². The normalized spacial score (nSPS) is 37.7. The Morgan fingerprint density at radius 3 is 2.67 bits per heavy atom. The molecule has 1 aliphatic heterocycles. The topological polar surface area (TPSA) is 41.1 Å². The maximum absolute atomic E-state index is 12.2. The Hall–Kier alpha value is -0.570. The summed E-state index contributed by atoms with van der Waals surface area (Å²) in [7, 11) is 0. The lowest BCUT2D eigenvalue weighted by molar-refractivity contribution is -0.124. The molecule has 18 heavy (non-hydrogen) atoms. The number of hydrogen-bond acceptors (Lipinski definition) is 2. The van der Waals surface area contributed by atoms with Crippen LogP contribution in [0.2, 0.25) is 0 Å². The molecule has 2 aliphatic carbocycles. The molecule has 1 amide bonds. The number of rotatable bonds is 3. The summed E-state index contributed by atoms with van der Waals surface area (Å²) in [5.41, 5.74) is 0.0416. The van der Waals surface area contributed by atoms with Gasteiger partial charge in [0.1, 0.15) is 0 Å². The highest BCUT2D eigenvalue weighted by molar-refractivity contribution is 5.77. The highest BCUT2D eigenvalue weighted by atomic mass is 16.1. The first-order chi connectivity index (χ1) is 8.65. The third-order valence-corrected chi connectivity index (χ3v) is 5.48. The minimum absolute atomic E-state index is 0.0416. The maximum atomic E-state index is 12.2. The van der Waals surface area contributed by atoms with Gasteiger partial charge in [-0.3, -0.25) is 4.79 Å². The predicted octanol–water partition coefficient (Wildman–Crippen LogP) is 2.07. The van der Waals surface area contributed by atoms with E-state index in [-0.39, 0.29) is 5.54 Å². The molecule has 1 heterocycles. The lowest BCUT2D eigenvalue weighted by Gasteiger charge is -2.35. The zero-order valence-corrected chi connectivity index (χ0v) is 11.5. The summed E-state index contributed by atoms with van der Waals surface area (Å²) in [5, 5.41) is 6.66. The molecule has 0 spiro atoms. The number of piperidine rings is 1. The van der Waals surface area contributed by atoms with Gasteiger partial charge in [-0.25, -0.2) is 0 Å². The molecule has 0 radical (unpaired) electrons. The van der Waals surface area contributed by atoms with E-state index in [9.17, 15) is 4.79 Å². The standard InChI is InChI=1S/C15H26N2O/c1-15(4-6-16-7-5-15)17-14(18)10-13-9-11-2-3-12(13)8-11/h11-13,16H,2-10H2,1H3,(H,17,18). The molecule has 3 nitrogen and oxygen atoms in total. The van der Waals surface area contributed by atoms with Gasteiger partial charge in [0.25, 0.3) is 0 Å². The quantitative estimate of drug-likeness (QED) is 0.805. The van der Waals surface area contributed by atoms with Crippen LogP contribution < -0.4 is 10.6 Å². The average molecular weight is 250 g/mol. The molecule has 3 heteroatoms. The summed E-state index contributed by atoms with van der Waals surface area (Å²) in [4.78, 5) is 12.2. The molecular formula is C15H26N2O. The van der Waals surface area contributed by atoms with E-state index < -0.39 is 0 Å². The van der Waals surface area contributed by atoms with Crippen LogP contribution in [-0.2, 0) is 4.79 Å². The number of hydrogen-bond donors (Lipinski definition) is 2. The summed E-state index contributed by atoms with van der Waals surface area (Å²) < 4.78 is 0. The van der Waals surface area contributed by atoms with E-state index in [2.05, 4.69) is 17.6 Å². The van der Waals surface area contributed by atoms with Gasteiger partial charge in [0, 0.05) is 12.0 Å². The predicted molar refractivity (Wildman–Crippen MR) is 72.2 cm³/mol. The van der Waals surface area contributed by atoms with Crippen molar-refractivity contribution in [2.45, 2.75) is 57.4 Å². The Morgan fingerprint density at radius 2 is 2.06 bits per heavy atom. The van der Waals surface area contributed by atoms with Crippen LogP contribution in [0.25, 0.3) is 0 Å². The summed E-state index contributed by atoms with van der Waals surface area (Å²) in [6.45, 7) is 4.27. The SMILES string of the molecule is CC1(NC(=O)CC2CC3CCC2C3)CCNCC1. The van der Waals surface area contributed by atoms with Crippen LogP contribution in [0.3, 0.4) is 0 Å². The van der Waals surface area contributed by atoms with E-state index in [0.717, 1.165) is 44.2 Å². The first kappa shape index (κ1) is 12.5. The van der Waals surface area contributed by atoms with Crippen molar-refractivity contribution in [3.8, 4) is 0 Å². The molecule has 2 bridgehead atoms. The van der Waals surface area contributed by atoms with Gasteiger partial charge in [-0.15, -0.1) is 0 Å². The Balaban J connectivity index is 1.49. The van der Waals surface area contributed by atoms with Crippen molar-refractivity contribution in [1.82, 2.24) is 10.6 Å². The van der Waals surface area contributed by atoms with Crippen LogP contribution in [0.4, 0.5) is 0 Å². The Morgan fingerprint density at radius 1 is 1.28 bits per heavy atom. The van der Waals surface area contributed by atoms with Crippen LogP contribution in [0.1, 0.15) is 51.9 Å². The van der Waals surface area contributed by atoms with Gasteiger partial charge < -0.3 is 10.6 Å². The Bertz CT molecular complexity index is 322. The van der Waals surface area contributed by atoms with Gasteiger partial charge >= 0.3 is 0 Å². The molecule has 1 saturated heterocycles. The van der Waals surface area contributed by atoms with E-state index in [0.29, 0.717) is 11.8 Å². The van der Waals surface area contributed by atoms with E-state index in [1.165, 1.54) is 25.7 Å². The molecule has 0 aromatic rings. The van der Waals surface area contributed by atoms with Gasteiger partial charge in [-0.1, -0.05) is 6.42 Å². The number of fused-ring (bicyclic) bond motifs is 2. The van der Waals surface area contributed by atoms with Crippen molar-refractivity contribution in [3.63, 3.8) is 0 Å². The molecule has 3 atom stereocenters. The first-order valence-corrected chi connectivity index (χ1v) is 7.66. The van der Waals surface area contributed by atoms with E-state index in [1.807, 2.05) is 0 Å². The molecule has 2 saturated carbocycles. The van der Waals surface area contributed by atoms with Crippen molar-refractivity contribution in [3.05, 3.63) is 0 Å². The average Bonchev–Trinajstić information content (AvgIpc) is 2.90. The molecule has 0 aromatic carbocycles. The summed E-state index contributed by atoms with van der Waals surface area (Å²) >= 11 is 0. The van der Waals surface area contributed by atoms with Crippen LogP contribution >= 0.6 is 0 Å². The van der Waals surface area contributed by atoms with Gasteiger partial charge in [0.2, 0.25) is 5.91 Å². The monoisotopic (exact) mass is 250 g/mol. The summed E-state index contributed by atoms with van der Waals surface area (Å²) in [5.74, 6) is 2.80. The summed E-state index contributed by atoms with van der Waals surface area (Å²) in [6.07, 6.45) is 8.43. The second-order valence-electron chi connectivity index (χ2n) is 7.00. The van der Waals surface area contributed by atoms with E-state index in [1.54, 1.807) is 0 Å². The fraction of sp³-hybridized carbons (Fsp3) is 0.933. The fourth-order valence-corrected chi connectivity index (χ4v) is 4.36.